The van der Waals surface area contributed by atoms with Crippen LogP contribution in [-0.4, -0.2) is 48.3 Å². The maximum atomic E-state index is 13.0. The summed E-state index contributed by atoms with van der Waals surface area (Å²) in [5.41, 5.74) is 3.54. The second-order valence-electron chi connectivity index (χ2n) is 7.31. The van der Waals surface area contributed by atoms with Crippen molar-refractivity contribution in [1.29, 1.82) is 0 Å². The summed E-state index contributed by atoms with van der Waals surface area (Å²) in [6.07, 6.45) is 7.81. The molecule has 0 N–H and O–H groups in total. The first-order valence-electron chi connectivity index (χ1n) is 9.37. The van der Waals surface area contributed by atoms with Gasteiger partial charge in [0.05, 0.1) is 0 Å². The molecule has 4 heteroatoms. The van der Waals surface area contributed by atoms with Gasteiger partial charge in [0.2, 0.25) is 5.91 Å². The van der Waals surface area contributed by atoms with E-state index >= 15 is 0 Å². The summed E-state index contributed by atoms with van der Waals surface area (Å²) in [5.74, 6) is 0.616. The highest BCUT2D eigenvalue weighted by molar-refractivity contribution is 5.96. The number of carbonyl (C=O) groups excluding carboxylic acids is 2. The average molecular weight is 340 g/mol. The SMILES string of the molecule is C=CC(=O)N(C)CC1CCN(C(=O)c2cccc3c2CCCC3)CC1. The van der Waals surface area contributed by atoms with Gasteiger partial charge >= 0.3 is 0 Å². The van der Waals surface area contributed by atoms with Gasteiger partial charge in [0, 0.05) is 32.2 Å². The van der Waals surface area contributed by atoms with Crippen LogP contribution in [0.5, 0.6) is 0 Å². The van der Waals surface area contributed by atoms with Crippen molar-refractivity contribution in [3.05, 3.63) is 47.5 Å². The highest BCUT2D eigenvalue weighted by Crippen LogP contribution is 2.27. The Labute approximate surface area is 150 Å². The Kier molecular flexibility index (Phi) is 5.57. The molecule has 1 heterocycles. The molecule has 25 heavy (non-hydrogen) atoms. The van der Waals surface area contributed by atoms with E-state index in [2.05, 4.69) is 12.6 Å². The fourth-order valence-electron chi connectivity index (χ4n) is 4.10. The van der Waals surface area contributed by atoms with Gasteiger partial charge in [-0.25, -0.2) is 0 Å². The highest BCUT2D eigenvalue weighted by atomic mass is 16.2. The predicted molar refractivity (Wildman–Crippen MR) is 99.5 cm³/mol. The Morgan fingerprint density at radius 1 is 1.24 bits per heavy atom. The molecular formula is C21H28N2O2. The Bertz CT molecular complexity index is 660. The molecule has 1 aromatic rings. The quantitative estimate of drug-likeness (QED) is 0.791. The first-order chi connectivity index (χ1) is 12.1. The summed E-state index contributed by atoms with van der Waals surface area (Å²) in [6, 6.07) is 6.19. The normalized spacial score (nSPS) is 17.7. The molecule has 2 aliphatic rings. The molecular weight excluding hydrogens is 312 g/mol. The summed E-state index contributed by atoms with van der Waals surface area (Å²) in [7, 11) is 1.82. The second-order valence-corrected chi connectivity index (χ2v) is 7.31. The van der Waals surface area contributed by atoms with Crippen LogP contribution in [0.15, 0.2) is 30.9 Å². The first kappa shape index (κ1) is 17.7. The number of aryl methyl sites for hydroxylation is 1. The van der Waals surface area contributed by atoms with E-state index in [0.717, 1.165) is 50.9 Å². The topological polar surface area (TPSA) is 40.6 Å². The molecule has 0 saturated carbocycles. The molecule has 0 unspecified atom stereocenters. The van der Waals surface area contributed by atoms with Gasteiger partial charge < -0.3 is 9.80 Å². The minimum absolute atomic E-state index is 0.0329. The van der Waals surface area contributed by atoms with Crippen molar-refractivity contribution < 1.29 is 9.59 Å². The van der Waals surface area contributed by atoms with Crippen molar-refractivity contribution in [2.24, 2.45) is 5.92 Å². The summed E-state index contributed by atoms with van der Waals surface area (Å²) >= 11 is 0. The van der Waals surface area contributed by atoms with E-state index in [1.54, 1.807) is 4.90 Å². The van der Waals surface area contributed by atoms with E-state index in [1.165, 1.54) is 30.0 Å². The van der Waals surface area contributed by atoms with Crippen molar-refractivity contribution in [2.45, 2.75) is 38.5 Å². The zero-order chi connectivity index (χ0) is 17.8. The van der Waals surface area contributed by atoms with Crippen LogP contribution in [0.25, 0.3) is 0 Å². The van der Waals surface area contributed by atoms with Crippen LogP contribution in [0, 0.1) is 5.92 Å². The van der Waals surface area contributed by atoms with E-state index in [9.17, 15) is 9.59 Å². The fraction of sp³-hybridized carbons (Fsp3) is 0.524. The third-order valence-corrected chi connectivity index (χ3v) is 5.61. The number of piperidine rings is 1. The molecule has 1 aliphatic heterocycles. The molecule has 0 atom stereocenters. The molecule has 4 nitrogen and oxygen atoms in total. The van der Waals surface area contributed by atoms with E-state index in [1.807, 2.05) is 24.1 Å². The number of nitrogens with zero attached hydrogens (tertiary/aromatic N) is 2. The van der Waals surface area contributed by atoms with Crippen molar-refractivity contribution in [2.75, 3.05) is 26.7 Å². The Morgan fingerprint density at radius 2 is 1.96 bits per heavy atom. The molecule has 1 saturated heterocycles. The lowest BCUT2D eigenvalue weighted by atomic mass is 9.87. The van der Waals surface area contributed by atoms with Crippen LogP contribution in [0.1, 0.15) is 47.2 Å². The first-order valence-corrected chi connectivity index (χ1v) is 9.37. The zero-order valence-electron chi connectivity index (χ0n) is 15.2. The van der Waals surface area contributed by atoms with Crippen molar-refractivity contribution in [3.63, 3.8) is 0 Å². The maximum Gasteiger partial charge on any atom is 0.254 e. The number of likely N-dealkylation sites (N-methyl/N-ethyl adjacent to an activating group) is 1. The van der Waals surface area contributed by atoms with Gasteiger partial charge in [-0.3, -0.25) is 9.59 Å². The smallest absolute Gasteiger partial charge is 0.254 e. The summed E-state index contributed by atoms with van der Waals surface area (Å²) in [4.78, 5) is 28.3. The minimum Gasteiger partial charge on any atom is -0.342 e. The van der Waals surface area contributed by atoms with Gasteiger partial charge in [-0.15, -0.1) is 0 Å². The van der Waals surface area contributed by atoms with Crippen LogP contribution in [0.3, 0.4) is 0 Å². The van der Waals surface area contributed by atoms with Gasteiger partial charge in [0.15, 0.2) is 0 Å². The lowest BCUT2D eigenvalue weighted by Crippen LogP contribution is -2.42. The van der Waals surface area contributed by atoms with Crippen LogP contribution in [0.2, 0.25) is 0 Å². The number of hydrogen-bond donors (Lipinski definition) is 0. The molecule has 1 aliphatic carbocycles. The lowest BCUT2D eigenvalue weighted by Gasteiger charge is -2.34. The molecule has 0 aromatic heterocycles. The van der Waals surface area contributed by atoms with Crippen LogP contribution in [0.4, 0.5) is 0 Å². The Balaban J connectivity index is 1.61. The second kappa shape index (κ2) is 7.85. The monoisotopic (exact) mass is 340 g/mol. The number of carbonyl (C=O) groups is 2. The molecule has 2 amide bonds. The van der Waals surface area contributed by atoms with Crippen LogP contribution >= 0.6 is 0 Å². The van der Waals surface area contributed by atoms with E-state index in [0.29, 0.717) is 5.92 Å². The van der Waals surface area contributed by atoms with E-state index in [-0.39, 0.29) is 11.8 Å². The van der Waals surface area contributed by atoms with Gasteiger partial charge in [-0.2, -0.15) is 0 Å². The Morgan fingerprint density at radius 3 is 2.68 bits per heavy atom. The third kappa shape index (κ3) is 3.94. The molecule has 0 spiro atoms. The lowest BCUT2D eigenvalue weighted by molar-refractivity contribution is -0.125. The van der Waals surface area contributed by atoms with Crippen molar-refractivity contribution >= 4 is 11.8 Å². The zero-order valence-corrected chi connectivity index (χ0v) is 15.2. The molecule has 3 rings (SSSR count). The number of likely N-dealkylation sites (tertiary alicyclic amines) is 1. The standard InChI is InChI=1S/C21H28N2O2/c1-3-20(24)22(2)15-16-11-13-23(14-12-16)21(25)19-10-6-8-17-7-4-5-9-18(17)19/h3,6,8,10,16H,1,4-5,7,9,11-15H2,2H3. The molecule has 0 radical (unpaired) electrons. The van der Waals surface area contributed by atoms with Gasteiger partial charge in [-0.05, 0) is 67.7 Å². The van der Waals surface area contributed by atoms with Crippen molar-refractivity contribution in [1.82, 2.24) is 9.80 Å². The highest BCUT2D eigenvalue weighted by Gasteiger charge is 2.27. The molecule has 0 bridgehead atoms. The van der Waals surface area contributed by atoms with Crippen LogP contribution in [-0.2, 0) is 17.6 Å². The number of hydrogen-bond acceptors (Lipinski definition) is 2. The summed E-state index contributed by atoms with van der Waals surface area (Å²) in [6.45, 7) is 5.84. The number of rotatable bonds is 4. The van der Waals surface area contributed by atoms with Crippen LogP contribution < -0.4 is 0 Å². The van der Waals surface area contributed by atoms with E-state index < -0.39 is 0 Å². The number of fused-ring (bicyclic) bond motifs is 1. The Hall–Kier alpha value is -2.10. The predicted octanol–water partition coefficient (Wildman–Crippen LogP) is 3.06. The summed E-state index contributed by atoms with van der Waals surface area (Å²) < 4.78 is 0. The van der Waals surface area contributed by atoms with Gasteiger partial charge in [-0.1, -0.05) is 18.7 Å². The molecule has 1 fully saturated rings. The number of amides is 2. The largest absolute Gasteiger partial charge is 0.342 e. The van der Waals surface area contributed by atoms with Gasteiger partial charge in [0.1, 0.15) is 0 Å². The molecule has 134 valence electrons. The molecule has 1 aromatic carbocycles. The maximum absolute atomic E-state index is 13.0. The minimum atomic E-state index is -0.0329. The fourth-order valence-corrected chi connectivity index (χ4v) is 4.10. The van der Waals surface area contributed by atoms with Gasteiger partial charge in [0.25, 0.3) is 5.91 Å². The third-order valence-electron chi connectivity index (χ3n) is 5.61. The average Bonchev–Trinajstić information content (AvgIpc) is 2.66. The van der Waals surface area contributed by atoms with E-state index in [4.69, 9.17) is 0 Å². The number of benzene rings is 1. The summed E-state index contributed by atoms with van der Waals surface area (Å²) in [5, 5.41) is 0. The van der Waals surface area contributed by atoms with Crippen molar-refractivity contribution in [3.8, 4) is 0 Å².